The summed E-state index contributed by atoms with van der Waals surface area (Å²) < 4.78 is 0. The van der Waals surface area contributed by atoms with Crippen LogP contribution in [0.2, 0.25) is 0 Å². The van der Waals surface area contributed by atoms with Gasteiger partial charge in [-0.1, -0.05) is 63.4 Å². The van der Waals surface area contributed by atoms with Gasteiger partial charge in [-0.25, -0.2) is 0 Å². The summed E-state index contributed by atoms with van der Waals surface area (Å²) >= 11 is 0. The summed E-state index contributed by atoms with van der Waals surface area (Å²) in [6.45, 7) is 8.03. The number of carbonyl (C=O) groups is 2. The maximum Gasteiger partial charge on any atom is 0.171 e. The van der Waals surface area contributed by atoms with Crippen molar-refractivity contribution in [1.29, 1.82) is 0 Å². The Morgan fingerprint density at radius 2 is 1.72 bits per heavy atom. The summed E-state index contributed by atoms with van der Waals surface area (Å²) in [6, 6.07) is 9.10. The number of benzene rings is 1. The van der Waals surface area contributed by atoms with Crippen molar-refractivity contribution in [2.24, 2.45) is 11.8 Å². The Kier molecular flexibility index (Phi) is 7.28. The van der Waals surface area contributed by atoms with Gasteiger partial charge in [-0.15, -0.1) is 0 Å². The van der Waals surface area contributed by atoms with E-state index in [1.807, 2.05) is 20.8 Å². The molecular formula is C25H36N2O2. The first-order chi connectivity index (χ1) is 14.1. The van der Waals surface area contributed by atoms with Gasteiger partial charge in [-0.3, -0.25) is 14.9 Å². The normalized spacial score (nSPS) is 26.8. The van der Waals surface area contributed by atoms with Gasteiger partial charge in [-0.2, -0.15) is 0 Å². The molecule has 4 nitrogen and oxygen atoms in total. The Balaban J connectivity index is 0.00000117. The predicted octanol–water partition coefficient (Wildman–Crippen LogP) is 4.46. The van der Waals surface area contributed by atoms with Crippen LogP contribution in [0.25, 0.3) is 0 Å². The Bertz CT molecular complexity index is 760. The third kappa shape index (κ3) is 4.63. The minimum absolute atomic E-state index is 0.0479. The molecule has 29 heavy (non-hydrogen) atoms. The summed E-state index contributed by atoms with van der Waals surface area (Å²) in [4.78, 5) is 25.6. The van der Waals surface area contributed by atoms with E-state index >= 15 is 0 Å². The zero-order valence-corrected chi connectivity index (χ0v) is 18.4. The second-order valence-corrected chi connectivity index (χ2v) is 8.43. The molecule has 0 radical (unpaired) electrons. The molecule has 0 amide bonds. The van der Waals surface area contributed by atoms with Crippen LogP contribution in [0.4, 0.5) is 0 Å². The molecule has 0 saturated heterocycles. The van der Waals surface area contributed by atoms with Gasteiger partial charge in [0.05, 0.1) is 12.1 Å². The molecule has 1 fully saturated rings. The molecule has 1 saturated carbocycles. The maximum absolute atomic E-state index is 13.1. The lowest BCUT2D eigenvalue weighted by Crippen LogP contribution is -2.48. The minimum Gasteiger partial charge on any atom is -0.372 e. The molecule has 0 aromatic heterocycles. The number of ketones is 2. The van der Waals surface area contributed by atoms with Crippen molar-refractivity contribution in [2.45, 2.75) is 84.8 Å². The van der Waals surface area contributed by atoms with Crippen LogP contribution >= 0.6 is 0 Å². The first-order valence-corrected chi connectivity index (χ1v) is 11.4. The van der Waals surface area contributed by atoms with Crippen molar-refractivity contribution in [3.8, 4) is 0 Å². The van der Waals surface area contributed by atoms with Crippen LogP contribution in [0.3, 0.4) is 0 Å². The summed E-state index contributed by atoms with van der Waals surface area (Å²) in [5.74, 6) is -0.220. The maximum atomic E-state index is 13.1. The third-order valence-electron chi connectivity index (χ3n) is 6.50. The number of carbonyl (C=O) groups excluding carboxylic acids is 2. The zero-order valence-electron chi connectivity index (χ0n) is 18.4. The summed E-state index contributed by atoms with van der Waals surface area (Å²) in [5, 5.41) is 7.30. The van der Waals surface area contributed by atoms with Crippen LogP contribution in [-0.4, -0.2) is 23.8 Å². The Labute approximate surface area is 175 Å². The van der Waals surface area contributed by atoms with E-state index in [9.17, 15) is 9.59 Å². The average molecular weight is 397 g/mol. The number of hydrogen-bond acceptors (Lipinski definition) is 4. The van der Waals surface area contributed by atoms with Gasteiger partial charge in [-0.05, 0) is 38.2 Å². The zero-order chi connectivity index (χ0) is 21.0. The first-order valence-electron chi connectivity index (χ1n) is 11.4. The van der Waals surface area contributed by atoms with Gasteiger partial charge in [0.1, 0.15) is 5.78 Å². The first kappa shape index (κ1) is 21.8. The van der Waals surface area contributed by atoms with E-state index in [1.54, 1.807) is 0 Å². The number of hydrogen-bond donors (Lipinski definition) is 2. The molecule has 1 aromatic carbocycles. The molecule has 3 unspecified atom stereocenters. The van der Waals surface area contributed by atoms with Gasteiger partial charge in [0.2, 0.25) is 0 Å². The Hall–Kier alpha value is -1.94. The van der Waals surface area contributed by atoms with Crippen LogP contribution in [-0.2, 0) is 16.0 Å². The highest BCUT2D eigenvalue weighted by Gasteiger charge is 2.45. The van der Waals surface area contributed by atoms with Crippen LogP contribution in [0, 0.1) is 18.8 Å². The van der Waals surface area contributed by atoms with Crippen molar-refractivity contribution < 1.29 is 9.59 Å². The van der Waals surface area contributed by atoms with Gasteiger partial charge < -0.3 is 5.32 Å². The van der Waals surface area contributed by atoms with Gasteiger partial charge >= 0.3 is 0 Å². The van der Waals surface area contributed by atoms with Crippen molar-refractivity contribution >= 4 is 11.6 Å². The molecule has 2 aliphatic carbocycles. The van der Waals surface area contributed by atoms with E-state index < -0.39 is 5.92 Å². The monoisotopic (exact) mass is 396 g/mol. The summed E-state index contributed by atoms with van der Waals surface area (Å²) in [6.07, 6.45) is 6.80. The molecule has 0 bridgehead atoms. The number of Topliss-reactive ketones (excluding diaryl/α,β-unsaturated/α-hetero) is 2. The molecule has 4 heteroatoms. The molecular weight excluding hydrogens is 360 g/mol. The van der Waals surface area contributed by atoms with Crippen LogP contribution < -0.4 is 10.6 Å². The molecule has 3 atom stereocenters. The standard InChI is InChI=1S/C23H30N2O2.C2H6/c1-3-17-20(26)13-19-21(22(17)27)18(12-15-10-8-14(2)9-11-15)23(25-19)24-16-6-4-5-7-16;1-2/h8-11,16-18,23-25H,3-7,12-13H2,1-2H3;1-2H3. The SMILES string of the molecule is CC.CCC1C(=O)CC2=C(C1=O)C(Cc1ccc(C)cc1)C(NC1CCCC1)N2. The van der Waals surface area contributed by atoms with E-state index in [1.165, 1.54) is 36.8 Å². The molecule has 4 rings (SSSR count). The van der Waals surface area contributed by atoms with Gasteiger partial charge in [0.15, 0.2) is 5.78 Å². The van der Waals surface area contributed by atoms with Crippen molar-refractivity contribution in [3.05, 3.63) is 46.7 Å². The van der Waals surface area contributed by atoms with E-state index in [2.05, 4.69) is 41.8 Å². The molecule has 158 valence electrons. The van der Waals surface area contributed by atoms with Crippen LogP contribution in [0.15, 0.2) is 35.5 Å². The largest absolute Gasteiger partial charge is 0.372 e. The van der Waals surface area contributed by atoms with Crippen molar-refractivity contribution in [3.63, 3.8) is 0 Å². The van der Waals surface area contributed by atoms with E-state index in [-0.39, 0.29) is 23.7 Å². The third-order valence-corrected chi connectivity index (χ3v) is 6.50. The highest BCUT2D eigenvalue weighted by Crippen LogP contribution is 2.37. The number of nitrogens with one attached hydrogen (secondary N) is 2. The fourth-order valence-electron chi connectivity index (χ4n) is 4.98. The lowest BCUT2D eigenvalue weighted by molar-refractivity contribution is -0.131. The van der Waals surface area contributed by atoms with E-state index in [0.29, 0.717) is 18.9 Å². The Morgan fingerprint density at radius 1 is 1.07 bits per heavy atom. The second kappa shape index (κ2) is 9.71. The summed E-state index contributed by atoms with van der Waals surface area (Å²) in [5.41, 5.74) is 4.26. The number of rotatable bonds is 5. The molecule has 2 N–H and O–H groups in total. The average Bonchev–Trinajstić information content (AvgIpc) is 3.34. The fourth-order valence-corrected chi connectivity index (χ4v) is 4.98. The molecule has 1 aromatic rings. The smallest absolute Gasteiger partial charge is 0.171 e. The number of allylic oxidation sites excluding steroid dienone is 1. The molecule has 1 heterocycles. The topological polar surface area (TPSA) is 58.2 Å². The van der Waals surface area contributed by atoms with Gasteiger partial charge in [0, 0.05) is 29.7 Å². The van der Waals surface area contributed by atoms with E-state index in [4.69, 9.17) is 0 Å². The lowest BCUT2D eigenvalue weighted by Gasteiger charge is -2.27. The van der Waals surface area contributed by atoms with Crippen molar-refractivity contribution in [2.75, 3.05) is 0 Å². The lowest BCUT2D eigenvalue weighted by atomic mass is 9.77. The number of aryl methyl sites for hydroxylation is 1. The quantitative estimate of drug-likeness (QED) is 0.721. The second-order valence-electron chi connectivity index (χ2n) is 8.43. The molecule has 0 spiro atoms. The highest BCUT2D eigenvalue weighted by atomic mass is 16.2. The Morgan fingerprint density at radius 3 is 2.34 bits per heavy atom. The fraction of sp³-hybridized carbons (Fsp3) is 0.600. The van der Waals surface area contributed by atoms with Crippen LogP contribution in [0.5, 0.6) is 0 Å². The predicted molar refractivity (Wildman–Crippen MR) is 117 cm³/mol. The van der Waals surface area contributed by atoms with Crippen LogP contribution in [0.1, 0.15) is 70.4 Å². The highest BCUT2D eigenvalue weighted by molar-refractivity contribution is 6.14. The molecule has 3 aliphatic rings. The molecule has 1 aliphatic heterocycles. The van der Waals surface area contributed by atoms with E-state index in [0.717, 1.165) is 17.7 Å². The minimum atomic E-state index is -0.448. The summed E-state index contributed by atoms with van der Waals surface area (Å²) in [7, 11) is 0. The van der Waals surface area contributed by atoms with Crippen molar-refractivity contribution in [1.82, 2.24) is 10.6 Å². The van der Waals surface area contributed by atoms with Gasteiger partial charge in [0.25, 0.3) is 0 Å².